The Morgan fingerprint density at radius 2 is 1.95 bits per heavy atom. The third-order valence-corrected chi connectivity index (χ3v) is 3.13. The van der Waals surface area contributed by atoms with Crippen LogP contribution in [-0.2, 0) is 16.1 Å². The summed E-state index contributed by atoms with van der Waals surface area (Å²) in [4.78, 5) is 22.6. The van der Waals surface area contributed by atoms with Gasteiger partial charge in [0.05, 0.1) is 6.10 Å². The van der Waals surface area contributed by atoms with Gasteiger partial charge in [-0.05, 0) is 5.56 Å². The lowest BCUT2D eigenvalue weighted by molar-refractivity contribution is -0.154. The fourth-order valence-corrected chi connectivity index (χ4v) is 2.03. The molecule has 2 rings (SSSR count). The number of carboxylic acids is 1. The van der Waals surface area contributed by atoms with Crippen molar-refractivity contribution in [3.8, 4) is 0 Å². The molecule has 0 spiro atoms. The van der Waals surface area contributed by atoms with Gasteiger partial charge in [0.15, 0.2) is 0 Å². The lowest BCUT2D eigenvalue weighted by Gasteiger charge is -2.41. The topological polar surface area (TPSA) is 95.9 Å². The number of alkyl carbamates (subject to hydrolysis) is 1. The summed E-state index contributed by atoms with van der Waals surface area (Å²) in [7, 11) is 0. The Bertz CT molecular complexity index is 467. The minimum absolute atomic E-state index is 0.00275. The molecular weight excluding hydrogens is 250 g/mol. The maximum absolute atomic E-state index is 11.6. The van der Waals surface area contributed by atoms with Crippen LogP contribution in [0.15, 0.2) is 30.3 Å². The van der Waals surface area contributed by atoms with Gasteiger partial charge in [-0.2, -0.15) is 0 Å². The number of hydrogen-bond acceptors (Lipinski definition) is 4. The van der Waals surface area contributed by atoms with Crippen LogP contribution in [0, 0.1) is 0 Å². The van der Waals surface area contributed by atoms with Crippen LogP contribution in [-0.4, -0.2) is 33.9 Å². The number of aliphatic carboxylic acids is 1. The molecule has 102 valence electrons. The van der Waals surface area contributed by atoms with E-state index >= 15 is 0 Å². The second-order valence-electron chi connectivity index (χ2n) is 4.64. The Labute approximate surface area is 110 Å². The lowest BCUT2D eigenvalue weighted by Crippen LogP contribution is -2.64. The number of ether oxygens (including phenoxy) is 1. The third-order valence-electron chi connectivity index (χ3n) is 3.13. The molecule has 1 aromatic carbocycles. The highest BCUT2D eigenvalue weighted by Crippen LogP contribution is 2.32. The van der Waals surface area contributed by atoms with Crippen LogP contribution < -0.4 is 5.32 Å². The smallest absolute Gasteiger partial charge is 0.408 e. The van der Waals surface area contributed by atoms with Crippen molar-refractivity contribution >= 4 is 12.1 Å². The van der Waals surface area contributed by atoms with Crippen molar-refractivity contribution in [2.24, 2.45) is 0 Å². The van der Waals surface area contributed by atoms with Crippen LogP contribution in [0.2, 0.25) is 0 Å². The summed E-state index contributed by atoms with van der Waals surface area (Å²) in [5.74, 6) is -1.16. The number of hydrogen-bond donors (Lipinski definition) is 3. The molecule has 0 atom stereocenters. The number of amides is 1. The van der Waals surface area contributed by atoms with E-state index in [1.807, 2.05) is 18.2 Å². The van der Waals surface area contributed by atoms with Crippen molar-refractivity contribution in [1.29, 1.82) is 0 Å². The molecule has 1 aromatic rings. The van der Waals surface area contributed by atoms with Crippen molar-refractivity contribution in [3.63, 3.8) is 0 Å². The highest BCUT2D eigenvalue weighted by Gasteiger charge is 2.51. The van der Waals surface area contributed by atoms with E-state index < -0.39 is 23.7 Å². The minimum atomic E-state index is -1.40. The average molecular weight is 265 g/mol. The number of nitrogens with one attached hydrogen (secondary N) is 1. The Morgan fingerprint density at radius 3 is 2.47 bits per heavy atom. The van der Waals surface area contributed by atoms with Crippen LogP contribution >= 0.6 is 0 Å². The van der Waals surface area contributed by atoms with Crippen molar-refractivity contribution in [2.75, 3.05) is 0 Å². The van der Waals surface area contributed by atoms with E-state index in [-0.39, 0.29) is 19.4 Å². The summed E-state index contributed by atoms with van der Waals surface area (Å²) in [5.41, 5.74) is -0.580. The van der Waals surface area contributed by atoms with Crippen LogP contribution in [0.25, 0.3) is 0 Å². The van der Waals surface area contributed by atoms with Crippen molar-refractivity contribution < 1.29 is 24.5 Å². The van der Waals surface area contributed by atoms with Crippen molar-refractivity contribution in [1.82, 2.24) is 5.32 Å². The van der Waals surface area contributed by atoms with Gasteiger partial charge in [-0.1, -0.05) is 30.3 Å². The average Bonchev–Trinajstić information content (AvgIpc) is 2.35. The van der Waals surface area contributed by atoms with Crippen molar-refractivity contribution in [2.45, 2.75) is 31.1 Å². The fourth-order valence-electron chi connectivity index (χ4n) is 2.03. The van der Waals surface area contributed by atoms with Gasteiger partial charge in [0, 0.05) is 12.8 Å². The predicted octanol–water partition coefficient (Wildman–Crippen LogP) is 0.891. The Morgan fingerprint density at radius 1 is 1.32 bits per heavy atom. The SMILES string of the molecule is O=C(N[C@]1(C(=O)O)C[C@@H](O)C1)OCc1ccccc1. The van der Waals surface area contributed by atoms with Gasteiger partial charge in [0.1, 0.15) is 12.1 Å². The zero-order valence-electron chi connectivity index (χ0n) is 10.2. The van der Waals surface area contributed by atoms with Gasteiger partial charge in [0.2, 0.25) is 0 Å². The van der Waals surface area contributed by atoms with Crippen LogP contribution in [0.1, 0.15) is 18.4 Å². The first kappa shape index (κ1) is 13.4. The standard InChI is InChI=1S/C13H15NO5/c15-10-6-13(7-10,11(16)17)14-12(18)19-8-9-4-2-1-3-5-9/h1-5,10,15H,6-8H2,(H,14,18)(H,16,17)/t10-,13-. The Hall–Kier alpha value is -2.08. The van der Waals surface area contributed by atoms with Gasteiger partial charge >= 0.3 is 12.1 Å². The number of rotatable bonds is 4. The van der Waals surface area contributed by atoms with Gasteiger partial charge < -0.3 is 20.3 Å². The Kier molecular flexibility index (Phi) is 3.71. The fraction of sp³-hybridized carbons (Fsp3) is 0.385. The molecule has 0 saturated heterocycles. The molecule has 0 aromatic heterocycles. The molecule has 1 aliphatic carbocycles. The minimum Gasteiger partial charge on any atom is -0.479 e. The molecule has 0 unspecified atom stereocenters. The van der Waals surface area contributed by atoms with Gasteiger partial charge in [-0.25, -0.2) is 9.59 Å². The molecular formula is C13H15NO5. The molecule has 6 nitrogen and oxygen atoms in total. The van der Waals surface area contributed by atoms with Crippen LogP contribution in [0.4, 0.5) is 4.79 Å². The first-order valence-electron chi connectivity index (χ1n) is 5.92. The van der Waals surface area contributed by atoms with Crippen LogP contribution in [0.5, 0.6) is 0 Å². The first-order chi connectivity index (χ1) is 9.02. The maximum atomic E-state index is 11.6. The van der Waals surface area contributed by atoms with Gasteiger partial charge in [-0.15, -0.1) is 0 Å². The largest absolute Gasteiger partial charge is 0.479 e. The predicted molar refractivity (Wildman–Crippen MR) is 65.4 cm³/mol. The summed E-state index contributed by atoms with van der Waals surface area (Å²) < 4.78 is 4.95. The second-order valence-corrected chi connectivity index (χ2v) is 4.64. The molecule has 0 radical (unpaired) electrons. The summed E-state index contributed by atoms with van der Waals surface area (Å²) in [6.07, 6.45) is -1.48. The second kappa shape index (κ2) is 5.27. The van der Waals surface area contributed by atoms with E-state index in [1.54, 1.807) is 12.1 Å². The molecule has 0 heterocycles. The summed E-state index contributed by atoms with van der Waals surface area (Å²) in [5, 5.41) is 20.6. The molecule has 6 heteroatoms. The maximum Gasteiger partial charge on any atom is 0.408 e. The number of carboxylic acid groups (broad SMARTS) is 1. The van der Waals surface area contributed by atoms with E-state index in [2.05, 4.69) is 5.32 Å². The van der Waals surface area contributed by atoms with Gasteiger partial charge in [0.25, 0.3) is 0 Å². The van der Waals surface area contributed by atoms with E-state index in [9.17, 15) is 14.7 Å². The van der Waals surface area contributed by atoms with E-state index in [4.69, 9.17) is 9.84 Å². The molecule has 19 heavy (non-hydrogen) atoms. The summed E-state index contributed by atoms with van der Waals surface area (Å²) >= 11 is 0. The van der Waals surface area contributed by atoms with E-state index in [0.29, 0.717) is 0 Å². The number of aliphatic hydroxyl groups is 1. The number of carbonyl (C=O) groups excluding carboxylic acids is 1. The molecule has 0 aliphatic heterocycles. The number of aliphatic hydroxyl groups excluding tert-OH is 1. The first-order valence-corrected chi connectivity index (χ1v) is 5.92. The summed E-state index contributed by atoms with van der Waals surface area (Å²) in [6.45, 7) is 0.0743. The molecule has 1 fully saturated rings. The zero-order chi connectivity index (χ0) is 13.9. The number of benzene rings is 1. The zero-order valence-corrected chi connectivity index (χ0v) is 10.2. The van der Waals surface area contributed by atoms with E-state index in [1.165, 1.54) is 0 Å². The normalized spacial score (nSPS) is 25.2. The lowest BCUT2D eigenvalue weighted by atomic mass is 9.74. The Balaban J connectivity index is 1.86. The molecule has 1 saturated carbocycles. The molecule has 3 N–H and O–H groups in total. The molecule has 1 aliphatic rings. The number of carbonyl (C=O) groups is 2. The third kappa shape index (κ3) is 3.03. The van der Waals surface area contributed by atoms with Gasteiger partial charge in [-0.3, -0.25) is 0 Å². The van der Waals surface area contributed by atoms with Crippen molar-refractivity contribution in [3.05, 3.63) is 35.9 Å². The summed E-state index contributed by atoms with van der Waals surface area (Å²) in [6, 6.07) is 9.08. The molecule has 0 bridgehead atoms. The molecule has 1 amide bonds. The van der Waals surface area contributed by atoms with Crippen LogP contribution in [0.3, 0.4) is 0 Å². The highest BCUT2D eigenvalue weighted by atomic mass is 16.5. The monoisotopic (exact) mass is 265 g/mol. The van der Waals surface area contributed by atoms with E-state index in [0.717, 1.165) is 5.56 Å². The quantitative estimate of drug-likeness (QED) is 0.751. The highest BCUT2D eigenvalue weighted by molar-refractivity contribution is 5.85.